The lowest BCUT2D eigenvalue weighted by Crippen LogP contribution is -2.43. The summed E-state index contributed by atoms with van der Waals surface area (Å²) >= 11 is 0. The molecule has 0 unspecified atom stereocenters. The number of amides is 4. The quantitative estimate of drug-likeness (QED) is 0.494. The SMILES string of the molecule is NC(=O)N(CN=O)C(N)=O. The molecule has 0 bridgehead atoms. The number of carbonyl (C=O) groups is 2. The largest absolute Gasteiger partial charge is 0.351 e. The van der Waals surface area contributed by atoms with Crippen LogP contribution < -0.4 is 11.5 Å². The smallest absolute Gasteiger partial charge is 0.324 e. The first-order valence-corrected chi connectivity index (χ1v) is 2.25. The van der Waals surface area contributed by atoms with E-state index >= 15 is 0 Å². The fraction of sp³-hybridized carbons (Fsp3) is 0.333. The van der Waals surface area contributed by atoms with Gasteiger partial charge in [0.2, 0.25) is 0 Å². The third-order valence-electron chi connectivity index (χ3n) is 0.731. The lowest BCUT2D eigenvalue weighted by molar-refractivity contribution is 0.198. The zero-order valence-corrected chi connectivity index (χ0v) is 4.98. The number of primary amides is 2. The van der Waals surface area contributed by atoms with Gasteiger partial charge in [0.05, 0.1) is 0 Å². The monoisotopic (exact) mass is 146 g/mol. The minimum absolute atomic E-state index is 0.312. The normalized spacial score (nSPS) is 8.40. The molecule has 0 saturated carbocycles. The molecule has 10 heavy (non-hydrogen) atoms. The average molecular weight is 146 g/mol. The predicted octanol–water partition coefficient (Wildman–Crippen LogP) is -0.830. The van der Waals surface area contributed by atoms with Crippen molar-refractivity contribution in [3.05, 3.63) is 4.91 Å². The van der Waals surface area contributed by atoms with Crippen molar-refractivity contribution >= 4 is 12.1 Å². The molecule has 0 aromatic rings. The van der Waals surface area contributed by atoms with Gasteiger partial charge in [-0.1, -0.05) is 0 Å². The minimum atomic E-state index is -1.09. The molecule has 0 radical (unpaired) electrons. The van der Waals surface area contributed by atoms with Crippen LogP contribution in [0.5, 0.6) is 0 Å². The Morgan fingerprint density at radius 2 is 1.70 bits per heavy atom. The molecule has 0 aliphatic carbocycles. The van der Waals surface area contributed by atoms with Gasteiger partial charge < -0.3 is 11.5 Å². The summed E-state index contributed by atoms with van der Waals surface area (Å²) in [6, 6.07) is -2.18. The van der Waals surface area contributed by atoms with Crippen LogP contribution in [0.3, 0.4) is 0 Å². The topological polar surface area (TPSA) is 119 Å². The summed E-state index contributed by atoms with van der Waals surface area (Å²) in [5.74, 6) is 0. The number of urea groups is 2. The summed E-state index contributed by atoms with van der Waals surface area (Å²) in [5.41, 5.74) is 9.22. The third kappa shape index (κ3) is 2.07. The Labute approximate surface area is 55.9 Å². The molecule has 0 atom stereocenters. The van der Waals surface area contributed by atoms with E-state index < -0.39 is 18.7 Å². The molecule has 4 N–H and O–H groups in total. The van der Waals surface area contributed by atoms with Gasteiger partial charge in [0.15, 0.2) is 6.67 Å². The highest BCUT2D eigenvalue weighted by Crippen LogP contribution is 1.85. The first kappa shape index (κ1) is 8.34. The van der Waals surface area contributed by atoms with E-state index in [0.717, 1.165) is 0 Å². The van der Waals surface area contributed by atoms with Crippen LogP contribution in [0.25, 0.3) is 0 Å². The Balaban J connectivity index is 4.11. The highest BCUT2D eigenvalue weighted by atomic mass is 16.3. The van der Waals surface area contributed by atoms with Crippen LogP contribution in [0.4, 0.5) is 9.59 Å². The molecule has 0 aromatic carbocycles. The maximum Gasteiger partial charge on any atom is 0.324 e. The number of hydrogen-bond acceptors (Lipinski definition) is 4. The van der Waals surface area contributed by atoms with Gasteiger partial charge in [0.25, 0.3) is 0 Å². The lowest BCUT2D eigenvalue weighted by Gasteiger charge is -2.09. The van der Waals surface area contributed by atoms with Crippen molar-refractivity contribution in [3.63, 3.8) is 0 Å². The second-order valence-corrected chi connectivity index (χ2v) is 1.38. The molecule has 0 rings (SSSR count). The number of nitrogens with two attached hydrogens (primary N) is 2. The Kier molecular flexibility index (Phi) is 2.82. The van der Waals surface area contributed by atoms with Crippen molar-refractivity contribution < 1.29 is 9.59 Å². The van der Waals surface area contributed by atoms with E-state index in [-0.39, 0.29) is 0 Å². The zero-order valence-electron chi connectivity index (χ0n) is 4.98. The zero-order chi connectivity index (χ0) is 8.15. The van der Waals surface area contributed by atoms with Crippen LogP contribution >= 0.6 is 0 Å². The summed E-state index contributed by atoms with van der Waals surface area (Å²) in [6.45, 7) is -0.648. The summed E-state index contributed by atoms with van der Waals surface area (Å²) in [7, 11) is 0. The molecule has 0 aliphatic rings. The molecule has 0 fully saturated rings. The number of nitrogens with zero attached hydrogens (tertiary/aromatic N) is 2. The number of carbonyl (C=O) groups excluding carboxylic acids is 2. The Hall–Kier alpha value is -1.66. The second kappa shape index (κ2) is 3.38. The minimum Gasteiger partial charge on any atom is -0.351 e. The first-order valence-electron chi connectivity index (χ1n) is 2.25. The molecule has 0 heterocycles. The number of nitroso groups, excluding NO2 is 1. The number of hydrogen-bond donors (Lipinski definition) is 2. The second-order valence-electron chi connectivity index (χ2n) is 1.38. The van der Waals surface area contributed by atoms with Gasteiger partial charge in [-0.25, -0.2) is 14.5 Å². The fourth-order valence-electron chi connectivity index (χ4n) is 0.306. The van der Waals surface area contributed by atoms with Gasteiger partial charge in [-0.15, -0.1) is 4.91 Å². The van der Waals surface area contributed by atoms with E-state index in [2.05, 4.69) is 16.6 Å². The van der Waals surface area contributed by atoms with Crippen molar-refractivity contribution in [2.24, 2.45) is 16.6 Å². The van der Waals surface area contributed by atoms with Gasteiger partial charge >= 0.3 is 12.1 Å². The van der Waals surface area contributed by atoms with Gasteiger partial charge in [-0.05, 0) is 5.18 Å². The summed E-state index contributed by atoms with van der Waals surface area (Å²) in [6.07, 6.45) is 0. The maximum atomic E-state index is 10.2. The van der Waals surface area contributed by atoms with Crippen molar-refractivity contribution in [3.8, 4) is 0 Å². The van der Waals surface area contributed by atoms with Crippen LogP contribution in [-0.2, 0) is 0 Å². The first-order chi connectivity index (χ1) is 4.59. The molecule has 0 aliphatic heterocycles. The highest BCUT2D eigenvalue weighted by molar-refractivity contribution is 5.91. The van der Waals surface area contributed by atoms with E-state index in [0.29, 0.717) is 4.90 Å². The third-order valence-corrected chi connectivity index (χ3v) is 0.731. The Morgan fingerprint density at radius 3 is 1.80 bits per heavy atom. The lowest BCUT2D eigenvalue weighted by atomic mass is 10.7. The van der Waals surface area contributed by atoms with E-state index in [1.807, 2.05) is 0 Å². The summed E-state index contributed by atoms with van der Waals surface area (Å²) < 4.78 is 0. The molecular formula is C3H6N4O3. The highest BCUT2D eigenvalue weighted by Gasteiger charge is 2.14. The van der Waals surface area contributed by atoms with E-state index in [4.69, 9.17) is 0 Å². The fourth-order valence-corrected chi connectivity index (χ4v) is 0.306. The average Bonchev–Trinajstić information content (AvgIpc) is 1.81. The van der Waals surface area contributed by atoms with E-state index in [1.165, 1.54) is 0 Å². The van der Waals surface area contributed by atoms with Gasteiger partial charge in [0, 0.05) is 0 Å². The van der Waals surface area contributed by atoms with Crippen molar-refractivity contribution in [1.29, 1.82) is 0 Å². The van der Waals surface area contributed by atoms with Crippen molar-refractivity contribution in [2.75, 3.05) is 6.67 Å². The molecular weight excluding hydrogens is 140 g/mol. The van der Waals surface area contributed by atoms with Crippen LogP contribution in [0.2, 0.25) is 0 Å². The molecule has 7 heteroatoms. The molecule has 7 nitrogen and oxygen atoms in total. The molecule has 56 valence electrons. The molecule has 0 spiro atoms. The van der Waals surface area contributed by atoms with Gasteiger partial charge in [-0.2, -0.15) is 0 Å². The molecule has 0 aromatic heterocycles. The standard InChI is InChI=1S/C3H6N4O3/c4-2(8)7(1-6-10)3(5)9/h1H2,(H2,4,8)(H2,5,9). The Morgan fingerprint density at radius 1 is 1.30 bits per heavy atom. The van der Waals surface area contributed by atoms with Crippen LogP contribution in [0.15, 0.2) is 5.18 Å². The Bertz CT molecular complexity index is 153. The van der Waals surface area contributed by atoms with E-state index in [1.54, 1.807) is 0 Å². The van der Waals surface area contributed by atoms with E-state index in [9.17, 15) is 14.5 Å². The maximum absolute atomic E-state index is 10.2. The van der Waals surface area contributed by atoms with Crippen LogP contribution in [-0.4, -0.2) is 23.6 Å². The van der Waals surface area contributed by atoms with Crippen molar-refractivity contribution in [1.82, 2.24) is 4.90 Å². The predicted molar refractivity (Wildman–Crippen MR) is 31.7 cm³/mol. The number of rotatable bonds is 2. The number of imide groups is 1. The summed E-state index contributed by atoms with van der Waals surface area (Å²) in [4.78, 5) is 30.2. The van der Waals surface area contributed by atoms with Gasteiger partial charge in [0.1, 0.15) is 0 Å². The molecule has 0 saturated heterocycles. The summed E-state index contributed by atoms with van der Waals surface area (Å²) in [5, 5.41) is 2.25. The van der Waals surface area contributed by atoms with Gasteiger partial charge in [-0.3, -0.25) is 0 Å². The van der Waals surface area contributed by atoms with Crippen LogP contribution in [0, 0.1) is 4.91 Å². The van der Waals surface area contributed by atoms with Crippen molar-refractivity contribution in [2.45, 2.75) is 0 Å². The van der Waals surface area contributed by atoms with Crippen LogP contribution in [0.1, 0.15) is 0 Å². The molecule has 4 amide bonds.